The van der Waals surface area contributed by atoms with Gasteiger partial charge in [-0.1, -0.05) is 24.3 Å². The van der Waals surface area contributed by atoms with Crippen molar-refractivity contribution >= 4 is 15.8 Å². The van der Waals surface area contributed by atoms with Crippen molar-refractivity contribution in [2.45, 2.75) is 18.4 Å². The quantitative estimate of drug-likeness (QED) is 0.715. The summed E-state index contributed by atoms with van der Waals surface area (Å²) in [6.07, 6.45) is 1.67. The normalized spacial score (nSPS) is 11.3. The number of sulfonamides is 1. The van der Waals surface area contributed by atoms with Gasteiger partial charge in [-0.2, -0.15) is 5.10 Å². The number of nitrogens with one attached hydrogen (secondary N) is 1. The minimum Gasteiger partial charge on any atom is -0.494 e. The minimum atomic E-state index is -3.81. The van der Waals surface area contributed by atoms with Gasteiger partial charge in [0.05, 0.1) is 12.0 Å². The van der Waals surface area contributed by atoms with Gasteiger partial charge < -0.3 is 4.74 Å². The summed E-state index contributed by atoms with van der Waals surface area (Å²) in [6, 6.07) is 12.4. The first-order chi connectivity index (χ1) is 12.4. The predicted octanol–water partition coefficient (Wildman–Crippen LogP) is 3.52. The summed E-state index contributed by atoms with van der Waals surface area (Å²) in [5.41, 5.74) is 0.974. The van der Waals surface area contributed by atoms with Crippen molar-refractivity contribution < 1.29 is 17.5 Å². The SMILES string of the molecule is CCn1cc(-c2ccc(OC)c(F)c2)c(NS(=O)(=O)c2ccccc2)n1. The molecule has 6 nitrogen and oxygen atoms in total. The first kappa shape index (κ1) is 17.9. The van der Waals surface area contributed by atoms with Gasteiger partial charge in [0.15, 0.2) is 17.4 Å². The van der Waals surface area contributed by atoms with Crippen LogP contribution in [-0.2, 0) is 16.6 Å². The van der Waals surface area contributed by atoms with E-state index in [0.29, 0.717) is 17.7 Å². The number of rotatable bonds is 6. The Balaban J connectivity index is 2.03. The molecule has 2 aromatic carbocycles. The second kappa shape index (κ2) is 7.17. The number of hydrogen-bond donors (Lipinski definition) is 1. The molecule has 1 aromatic heterocycles. The van der Waals surface area contributed by atoms with E-state index >= 15 is 0 Å². The lowest BCUT2D eigenvalue weighted by Crippen LogP contribution is -2.14. The maximum absolute atomic E-state index is 14.1. The third kappa shape index (κ3) is 3.55. The molecule has 8 heteroatoms. The van der Waals surface area contributed by atoms with Crippen LogP contribution in [0, 0.1) is 5.82 Å². The van der Waals surface area contributed by atoms with Crippen molar-refractivity contribution in [1.82, 2.24) is 9.78 Å². The number of halogens is 1. The Hall–Kier alpha value is -2.87. The van der Waals surface area contributed by atoms with Crippen molar-refractivity contribution in [1.29, 1.82) is 0 Å². The number of ether oxygens (including phenoxy) is 1. The Morgan fingerprint density at radius 1 is 1.19 bits per heavy atom. The third-order valence-corrected chi connectivity index (χ3v) is 5.19. The summed E-state index contributed by atoms with van der Waals surface area (Å²) in [6.45, 7) is 2.42. The highest BCUT2D eigenvalue weighted by molar-refractivity contribution is 7.92. The summed E-state index contributed by atoms with van der Waals surface area (Å²) < 4.78 is 48.3. The molecule has 0 radical (unpaired) electrons. The van der Waals surface area contributed by atoms with Crippen LogP contribution in [0.1, 0.15) is 6.92 Å². The molecule has 0 saturated heterocycles. The van der Waals surface area contributed by atoms with Crippen molar-refractivity contribution in [3.8, 4) is 16.9 Å². The van der Waals surface area contributed by atoms with E-state index in [1.54, 1.807) is 35.1 Å². The van der Waals surface area contributed by atoms with E-state index in [9.17, 15) is 12.8 Å². The molecule has 136 valence electrons. The van der Waals surface area contributed by atoms with Gasteiger partial charge in [0.1, 0.15) is 0 Å². The topological polar surface area (TPSA) is 73.2 Å². The molecule has 0 spiro atoms. The molecule has 1 heterocycles. The van der Waals surface area contributed by atoms with Crippen LogP contribution in [0.15, 0.2) is 59.6 Å². The molecule has 0 saturated carbocycles. The van der Waals surface area contributed by atoms with E-state index in [-0.39, 0.29) is 16.5 Å². The van der Waals surface area contributed by atoms with Gasteiger partial charge in [0, 0.05) is 18.3 Å². The van der Waals surface area contributed by atoms with Crippen LogP contribution in [0.5, 0.6) is 5.75 Å². The molecule has 0 atom stereocenters. The minimum absolute atomic E-state index is 0.114. The van der Waals surface area contributed by atoms with Gasteiger partial charge in [-0.25, -0.2) is 12.8 Å². The number of aromatic nitrogens is 2. The van der Waals surface area contributed by atoms with E-state index in [0.717, 1.165) is 0 Å². The van der Waals surface area contributed by atoms with Crippen LogP contribution in [0.25, 0.3) is 11.1 Å². The first-order valence-electron chi connectivity index (χ1n) is 7.94. The van der Waals surface area contributed by atoms with Crippen LogP contribution in [-0.4, -0.2) is 25.3 Å². The maximum Gasteiger partial charge on any atom is 0.263 e. The second-order valence-electron chi connectivity index (χ2n) is 5.51. The molecule has 0 bridgehead atoms. The largest absolute Gasteiger partial charge is 0.494 e. The fourth-order valence-electron chi connectivity index (χ4n) is 2.49. The molecule has 0 unspecified atom stereocenters. The summed E-state index contributed by atoms with van der Waals surface area (Å²) >= 11 is 0. The third-order valence-electron chi connectivity index (χ3n) is 3.83. The Morgan fingerprint density at radius 3 is 2.54 bits per heavy atom. The number of methoxy groups -OCH3 is 1. The van der Waals surface area contributed by atoms with Gasteiger partial charge in [-0.3, -0.25) is 9.40 Å². The van der Waals surface area contributed by atoms with Gasteiger partial charge in [0.25, 0.3) is 10.0 Å². The van der Waals surface area contributed by atoms with Crippen LogP contribution < -0.4 is 9.46 Å². The number of aryl methyl sites for hydroxylation is 1. The molecular weight excluding hydrogens is 357 g/mol. The average molecular weight is 375 g/mol. The Kier molecular flexibility index (Phi) is 4.94. The van der Waals surface area contributed by atoms with E-state index < -0.39 is 15.8 Å². The molecule has 0 fully saturated rings. The van der Waals surface area contributed by atoms with Crippen LogP contribution in [0.3, 0.4) is 0 Å². The van der Waals surface area contributed by atoms with Crippen LogP contribution in [0.2, 0.25) is 0 Å². The average Bonchev–Trinajstić information content (AvgIpc) is 3.04. The van der Waals surface area contributed by atoms with Crippen LogP contribution >= 0.6 is 0 Å². The fourth-order valence-corrected chi connectivity index (χ4v) is 3.53. The Labute approximate surface area is 151 Å². The van der Waals surface area contributed by atoms with Gasteiger partial charge >= 0.3 is 0 Å². The lowest BCUT2D eigenvalue weighted by atomic mass is 10.1. The highest BCUT2D eigenvalue weighted by atomic mass is 32.2. The molecule has 0 aliphatic carbocycles. The standard InChI is InChI=1S/C18H18FN3O3S/c1-3-22-12-15(13-9-10-17(25-2)16(19)11-13)18(20-22)21-26(23,24)14-7-5-4-6-8-14/h4-12H,3H2,1-2H3,(H,20,21). The molecular formula is C18H18FN3O3S. The fraction of sp³-hybridized carbons (Fsp3) is 0.167. The molecule has 1 N–H and O–H groups in total. The molecule has 26 heavy (non-hydrogen) atoms. The van der Waals surface area contributed by atoms with E-state index in [1.807, 2.05) is 6.92 Å². The summed E-state index contributed by atoms with van der Waals surface area (Å²) in [5, 5.41) is 4.26. The highest BCUT2D eigenvalue weighted by Crippen LogP contribution is 2.31. The zero-order valence-corrected chi connectivity index (χ0v) is 15.1. The molecule has 3 rings (SSSR count). The molecule has 3 aromatic rings. The van der Waals surface area contributed by atoms with Gasteiger partial charge in [-0.15, -0.1) is 0 Å². The zero-order valence-electron chi connectivity index (χ0n) is 14.3. The van der Waals surface area contributed by atoms with Gasteiger partial charge in [-0.05, 0) is 36.8 Å². The predicted molar refractivity (Wildman–Crippen MR) is 97.1 cm³/mol. The lowest BCUT2D eigenvalue weighted by Gasteiger charge is -2.08. The number of hydrogen-bond acceptors (Lipinski definition) is 4. The molecule has 0 amide bonds. The Bertz CT molecular complexity index is 1020. The number of nitrogens with zero attached hydrogens (tertiary/aromatic N) is 2. The van der Waals surface area contributed by atoms with Crippen molar-refractivity contribution in [3.05, 3.63) is 60.5 Å². The second-order valence-corrected chi connectivity index (χ2v) is 7.20. The van der Waals surface area contributed by atoms with Gasteiger partial charge in [0.2, 0.25) is 0 Å². The monoisotopic (exact) mass is 375 g/mol. The molecule has 0 aliphatic heterocycles. The van der Waals surface area contributed by atoms with Crippen molar-refractivity contribution in [2.24, 2.45) is 0 Å². The summed E-state index contributed by atoms with van der Waals surface area (Å²) in [4.78, 5) is 0.123. The number of anilines is 1. The highest BCUT2D eigenvalue weighted by Gasteiger charge is 2.20. The summed E-state index contributed by atoms with van der Waals surface area (Å²) in [5.74, 6) is -0.283. The lowest BCUT2D eigenvalue weighted by molar-refractivity contribution is 0.386. The van der Waals surface area contributed by atoms with E-state index in [1.165, 1.54) is 31.4 Å². The van der Waals surface area contributed by atoms with E-state index in [4.69, 9.17) is 4.74 Å². The Morgan fingerprint density at radius 2 is 1.92 bits per heavy atom. The van der Waals surface area contributed by atoms with Crippen molar-refractivity contribution in [2.75, 3.05) is 11.8 Å². The molecule has 0 aliphatic rings. The zero-order chi connectivity index (χ0) is 18.7. The summed E-state index contributed by atoms with van der Waals surface area (Å²) in [7, 11) is -2.42. The smallest absolute Gasteiger partial charge is 0.263 e. The van der Waals surface area contributed by atoms with Crippen molar-refractivity contribution in [3.63, 3.8) is 0 Å². The van der Waals surface area contributed by atoms with E-state index in [2.05, 4.69) is 9.82 Å². The number of benzene rings is 2. The van der Waals surface area contributed by atoms with Crippen LogP contribution in [0.4, 0.5) is 10.2 Å². The first-order valence-corrected chi connectivity index (χ1v) is 9.42. The maximum atomic E-state index is 14.1.